The van der Waals surface area contributed by atoms with Crippen LogP contribution >= 0.6 is 11.6 Å². The number of nitro groups is 4. The number of aliphatic hydroxyl groups is 3. The highest BCUT2D eigenvalue weighted by Gasteiger charge is 2.23. The minimum absolute atomic E-state index is 0. The Balaban J connectivity index is 0.000000879. The zero-order valence-electron chi connectivity index (χ0n) is 36.5. The third-order valence-electron chi connectivity index (χ3n) is 10.5. The minimum Gasteiger partial charge on any atom is -0.458 e. The Labute approximate surface area is 384 Å². The van der Waals surface area contributed by atoms with Crippen molar-refractivity contribution in [2.45, 2.75) is 86.0 Å². The first-order valence-electron chi connectivity index (χ1n) is 20.1. The third kappa shape index (κ3) is 20.9. The van der Waals surface area contributed by atoms with E-state index in [-0.39, 0.29) is 38.4 Å². The molecule has 0 spiro atoms. The fourth-order valence-electron chi connectivity index (χ4n) is 6.51. The van der Waals surface area contributed by atoms with E-state index in [1.807, 2.05) is 13.0 Å². The predicted octanol–water partition coefficient (Wildman–Crippen LogP) is 10.7. The van der Waals surface area contributed by atoms with Crippen LogP contribution < -0.4 is 0 Å². The summed E-state index contributed by atoms with van der Waals surface area (Å²) in [7, 11) is 1.00. The van der Waals surface area contributed by atoms with Gasteiger partial charge in [0.1, 0.15) is 6.61 Å². The van der Waals surface area contributed by atoms with Crippen LogP contribution in [0.4, 0.5) is 22.7 Å². The average molecular weight is 929 g/mol. The van der Waals surface area contributed by atoms with Crippen LogP contribution in [-0.4, -0.2) is 73.2 Å². The van der Waals surface area contributed by atoms with Gasteiger partial charge in [-0.15, -0.1) is 0 Å². The molecular formula is C46H61ClN4O14. The Hall–Kier alpha value is -6.21. The van der Waals surface area contributed by atoms with Gasteiger partial charge in [-0.3, -0.25) is 45.3 Å². The Morgan fingerprint density at radius 2 is 0.892 bits per heavy atom. The molecule has 2 aromatic rings. The molecule has 3 aliphatic carbocycles. The lowest BCUT2D eigenvalue weighted by Gasteiger charge is -2.21. The van der Waals surface area contributed by atoms with Crippen LogP contribution in [0.2, 0.25) is 0 Å². The van der Waals surface area contributed by atoms with Crippen molar-refractivity contribution in [3.63, 3.8) is 0 Å². The SMILES string of the molecule is C.C=C(C)[C@@H]1CC=C(CO)CC1.C=C(C)[C@@H]1CC=C(CO)CC1.C=C(C)[C@@H]1CC=C(COC(=O)c2cc([N+](=O)[O-])cc([N+](=O)[O-])c2)CC1.CO.O=C(Cl)c1cc([N+](=O)[O-])cc([N+](=O)[O-])c1. The molecule has 3 atom stereocenters. The second kappa shape index (κ2) is 30.0. The molecule has 19 heteroatoms. The first-order valence-corrected chi connectivity index (χ1v) is 20.5. The fraction of sp³-hybridized carbons (Fsp3) is 0.435. The predicted molar refractivity (Wildman–Crippen MR) is 250 cm³/mol. The smallest absolute Gasteiger partial charge is 0.338 e. The lowest BCUT2D eigenvalue weighted by Crippen LogP contribution is -2.13. The van der Waals surface area contributed by atoms with Crippen molar-refractivity contribution < 1.29 is 49.3 Å². The van der Waals surface area contributed by atoms with E-state index in [1.54, 1.807) is 0 Å². The van der Waals surface area contributed by atoms with Crippen LogP contribution in [0.5, 0.6) is 0 Å². The Morgan fingerprint density at radius 3 is 1.12 bits per heavy atom. The largest absolute Gasteiger partial charge is 0.458 e. The van der Waals surface area contributed by atoms with Gasteiger partial charge in [-0.1, -0.05) is 62.1 Å². The van der Waals surface area contributed by atoms with Crippen molar-refractivity contribution in [2.24, 2.45) is 17.8 Å². The van der Waals surface area contributed by atoms with Gasteiger partial charge in [0.2, 0.25) is 0 Å². The maximum absolute atomic E-state index is 12.1. The summed E-state index contributed by atoms with van der Waals surface area (Å²) in [6, 6.07) is 5.26. The number of carbonyl (C=O) groups is 2. The Kier molecular flexibility index (Phi) is 27.2. The summed E-state index contributed by atoms with van der Waals surface area (Å²) in [5.41, 5.74) is 4.39. The number of carbonyl (C=O) groups excluding carboxylic acids is 2. The second-order valence-corrected chi connectivity index (χ2v) is 15.6. The van der Waals surface area contributed by atoms with Gasteiger partial charge in [-0.25, -0.2) is 4.79 Å². The van der Waals surface area contributed by atoms with Crippen molar-refractivity contribution in [2.75, 3.05) is 26.9 Å². The summed E-state index contributed by atoms with van der Waals surface area (Å²) in [6.45, 7) is 18.5. The first-order chi connectivity index (χ1) is 30.2. The topological polar surface area (TPSA) is 277 Å². The number of hydrogen-bond acceptors (Lipinski definition) is 14. The zero-order valence-corrected chi connectivity index (χ0v) is 37.3. The number of nitrogens with zero attached hydrogens (tertiary/aromatic N) is 4. The molecule has 18 nitrogen and oxygen atoms in total. The number of nitro benzene ring substituents is 4. The zero-order chi connectivity index (χ0) is 48.7. The van der Waals surface area contributed by atoms with Crippen LogP contribution in [0, 0.1) is 58.2 Å². The Morgan fingerprint density at radius 1 is 0.600 bits per heavy atom. The number of aliphatic hydroxyl groups excluding tert-OH is 3. The second-order valence-electron chi connectivity index (χ2n) is 15.2. The van der Waals surface area contributed by atoms with Gasteiger partial charge >= 0.3 is 5.97 Å². The number of allylic oxidation sites excluding steroid dienone is 6. The van der Waals surface area contributed by atoms with Gasteiger partial charge < -0.3 is 20.1 Å². The molecule has 3 aliphatic rings. The fourth-order valence-corrected chi connectivity index (χ4v) is 6.62. The van der Waals surface area contributed by atoms with E-state index in [0.29, 0.717) is 17.8 Å². The molecule has 65 heavy (non-hydrogen) atoms. The van der Waals surface area contributed by atoms with E-state index in [2.05, 4.69) is 45.7 Å². The van der Waals surface area contributed by atoms with Gasteiger partial charge in [0.15, 0.2) is 0 Å². The molecule has 2 aromatic carbocycles. The van der Waals surface area contributed by atoms with E-state index >= 15 is 0 Å². The number of non-ortho nitro benzene ring substituents is 4. The summed E-state index contributed by atoms with van der Waals surface area (Å²) in [4.78, 5) is 62.0. The lowest BCUT2D eigenvalue weighted by atomic mass is 9.86. The van der Waals surface area contributed by atoms with Gasteiger partial charge in [-0.05, 0) is 125 Å². The van der Waals surface area contributed by atoms with Crippen LogP contribution in [0.3, 0.4) is 0 Å². The van der Waals surface area contributed by atoms with Crippen LogP contribution in [0.25, 0.3) is 0 Å². The summed E-state index contributed by atoms with van der Waals surface area (Å²) < 4.78 is 5.16. The number of ether oxygens (including phenoxy) is 1. The molecule has 0 amide bonds. The third-order valence-corrected chi connectivity index (χ3v) is 10.7. The summed E-state index contributed by atoms with van der Waals surface area (Å²) in [6.07, 6.45) is 15.4. The molecule has 0 heterocycles. The van der Waals surface area contributed by atoms with E-state index in [1.165, 1.54) is 35.1 Å². The molecule has 3 N–H and O–H groups in total. The maximum atomic E-state index is 12.1. The Bertz CT molecular complexity index is 1990. The number of halogens is 1. The molecule has 356 valence electrons. The van der Waals surface area contributed by atoms with Crippen molar-refractivity contribution in [1.29, 1.82) is 0 Å². The number of benzene rings is 2. The van der Waals surface area contributed by atoms with Crippen LogP contribution in [-0.2, 0) is 4.74 Å². The molecule has 0 fully saturated rings. The first kappa shape index (κ1) is 58.8. The van der Waals surface area contributed by atoms with Gasteiger partial charge in [-0.2, -0.15) is 0 Å². The average Bonchev–Trinajstić information content (AvgIpc) is 3.29. The highest BCUT2D eigenvalue weighted by Crippen LogP contribution is 2.31. The molecule has 0 saturated carbocycles. The van der Waals surface area contributed by atoms with E-state index in [9.17, 15) is 50.0 Å². The van der Waals surface area contributed by atoms with Crippen molar-refractivity contribution in [1.82, 2.24) is 0 Å². The van der Waals surface area contributed by atoms with Crippen LogP contribution in [0.1, 0.15) is 107 Å². The summed E-state index contributed by atoms with van der Waals surface area (Å²) in [5.74, 6) is 0.921. The number of hydrogen-bond donors (Lipinski definition) is 3. The van der Waals surface area contributed by atoms with Crippen molar-refractivity contribution >= 4 is 45.6 Å². The molecule has 0 aromatic heterocycles. The van der Waals surface area contributed by atoms with E-state index in [0.717, 1.165) is 99.6 Å². The van der Waals surface area contributed by atoms with Gasteiger partial charge in [0.25, 0.3) is 28.0 Å². The normalized spacial score (nSPS) is 17.0. The minimum atomic E-state index is -0.984. The molecule has 5 rings (SSSR count). The highest BCUT2D eigenvalue weighted by molar-refractivity contribution is 6.67. The van der Waals surface area contributed by atoms with Crippen molar-refractivity contribution in [3.05, 3.63) is 159 Å². The monoisotopic (exact) mass is 928 g/mol. The van der Waals surface area contributed by atoms with Gasteiger partial charge in [0, 0.05) is 36.9 Å². The van der Waals surface area contributed by atoms with E-state index in [4.69, 9.17) is 31.7 Å². The molecule has 0 radical (unpaired) electrons. The van der Waals surface area contributed by atoms with E-state index < -0.39 is 53.7 Å². The summed E-state index contributed by atoms with van der Waals surface area (Å²) >= 11 is 5.07. The quantitative estimate of drug-likeness (QED) is 0.0554. The number of esters is 1. The molecular weight excluding hydrogens is 868 g/mol. The lowest BCUT2D eigenvalue weighted by molar-refractivity contribution is -0.394. The standard InChI is InChI=1S/C17H18N2O6.2C10H16O.C7H3ClN2O5.CH4O.CH4/c1-11(2)13-5-3-12(4-6-13)10-25-17(20)14-7-15(18(21)22)9-16(8-14)19(23)24;2*1-8(2)10-5-3-9(7-11)4-6-10;8-7(11)4-1-5(9(12)13)3-6(2-4)10(14)15;1-2;/h3,7-9,13H,1,4-6,10H2,2H3;2*3,10-11H,1,4-7H2,2H3;1-3H;2H,1H3;1H4/t13-;2*10-;;;/m111.../s1. The van der Waals surface area contributed by atoms with Crippen molar-refractivity contribution in [3.8, 4) is 0 Å². The molecule has 0 aliphatic heterocycles. The summed E-state index contributed by atoms with van der Waals surface area (Å²) in [5, 5.41) is 66.1. The maximum Gasteiger partial charge on any atom is 0.338 e. The highest BCUT2D eigenvalue weighted by atomic mass is 35.5. The van der Waals surface area contributed by atoms with Crippen LogP contribution in [0.15, 0.2) is 108 Å². The molecule has 0 unspecified atom stereocenters. The van der Waals surface area contributed by atoms with Gasteiger partial charge in [0.05, 0.1) is 50.6 Å². The molecule has 0 saturated heterocycles. The molecule has 0 bridgehead atoms. The number of rotatable bonds is 13.